The third-order valence-corrected chi connectivity index (χ3v) is 4.73. The number of amides is 1. The molecule has 1 aliphatic heterocycles. The first kappa shape index (κ1) is 16.0. The summed E-state index contributed by atoms with van der Waals surface area (Å²) in [5.74, 6) is 0.898. The predicted octanol–water partition coefficient (Wildman–Crippen LogP) is 3.26. The molecule has 1 aromatic rings. The molecule has 21 heavy (non-hydrogen) atoms. The highest BCUT2D eigenvalue weighted by molar-refractivity contribution is 5.76. The lowest BCUT2D eigenvalue weighted by Gasteiger charge is -2.23. The van der Waals surface area contributed by atoms with Gasteiger partial charge in [-0.15, -0.1) is 0 Å². The van der Waals surface area contributed by atoms with Gasteiger partial charge in [0.05, 0.1) is 6.04 Å². The average molecular weight is 288 g/mol. The van der Waals surface area contributed by atoms with Crippen LogP contribution in [0.2, 0.25) is 0 Å². The topological polar surface area (TPSA) is 41.1 Å². The zero-order valence-corrected chi connectivity index (χ0v) is 13.5. The average Bonchev–Trinajstić information content (AvgIpc) is 2.49. The summed E-state index contributed by atoms with van der Waals surface area (Å²) in [7, 11) is 0. The van der Waals surface area contributed by atoms with Crippen molar-refractivity contribution in [1.82, 2.24) is 10.6 Å². The molecule has 0 spiro atoms. The Labute approximate surface area is 128 Å². The van der Waals surface area contributed by atoms with E-state index >= 15 is 0 Å². The Kier molecular flexibility index (Phi) is 5.80. The van der Waals surface area contributed by atoms with Crippen molar-refractivity contribution in [2.75, 3.05) is 13.1 Å². The number of carbonyl (C=O) groups excluding carboxylic acids is 1. The maximum atomic E-state index is 12.1. The van der Waals surface area contributed by atoms with E-state index < -0.39 is 0 Å². The molecule has 0 radical (unpaired) electrons. The standard InChI is InChI=1S/C18H28N2O/c1-13-5-4-6-17(14(13)2)15(3)20-18(21)8-7-16-9-11-19-12-10-16/h4-6,15-16,19H,7-12H2,1-3H3,(H,20,21). The van der Waals surface area contributed by atoms with Crippen molar-refractivity contribution in [1.29, 1.82) is 0 Å². The van der Waals surface area contributed by atoms with Gasteiger partial charge in [0.25, 0.3) is 0 Å². The highest BCUT2D eigenvalue weighted by atomic mass is 16.1. The SMILES string of the molecule is Cc1cccc(C(C)NC(=O)CCC2CCNCC2)c1C. The van der Waals surface area contributed by atoms with Crippen LogP contribution in [0, 0.1) is 19.8 Å². The zero-order valence-electron chi connectivity index (χ0n) is 13.5. The minimum Gasteiger partial charge on any atom is -0.350 e. The van der Waals surface area contributed by atoms with Crippen LogP contribution in [0.25, 0.3) is 0 Å². The molecule has 1 aliphatic rings. The third kappa shape index (κ3) is 4.57. The van der Waals surface area contributed by atoms with Crippen LogP contribution in [-0.2, 0) is 4.79 Å². The van der Waals surface area contributed by atoms with E-state index in [1.165, 1.54) is 29.5 Å². The fraction of sp³-hybridized carbons (Fsp3) is 0.611. The number of benzene rings is 1. The van der Waals surface area contributed by atoms with Crippen molar-refractivity contribution in [2.24, 2.45) is 5.92 Å². The van der Waals surface area contributed by atoms with Crippen LogP contribution in [0.4, 0.5) is 0 Å². The van der Waals surface area contributed by atoms with Crippen molar-refractivity contribution in [2.45, 2.75) is 52.5 Å². The lowest BCUT2D eigenvalue weighted by atomic mass is 9.93. The quantitative estimate of drug-likeness (QED) is 0.873. The largest absolute Gasteiger partial charge is 0.350 e. The van der Waals surface area contributed by atoms with E-state index in [0.29, 0.717) is 12.3 Å². The zero-order chi connectivity index (χ0) is 15.2. The van der Waals surface area contributed by atoms with Gasteiger partial charge in [-0.2, -0.15) is 0 Å². The van der Waals surface area contributed by atoms with Crippen LogP contribution in [0.3, 0.4) is 0 Å². The molecule has 1 heterocycles. The van der Waals surface area contributed by atoms with Gasteiger partial charge in [0, 0.05) is 6.42 Å². The Morgan fingerprint density at radius 1 is 1.33 bits per heavy atom. The Bertz CT molecular complexity index is 478. The Morgan fingerprint density at radius 2 is 2.05 bits per heavy atom. The molecule has 0 saturated carbocycles. The summed E-state index contributed by atoms with van der Waals surface area (Å²) in [6, 6.07) is 6.38. The van der Waals surface area contributed by atoms with Crippen molar-refractivity contribution in [3.05, 3.63) is 34.9 Å². The Balaban J connectivity index is 1.82. The second-order valence-electron chi connectivity index (χ2n) is 6.31. The third-order valence-electron chi connectivity index (χ3n) is 4.73. The summed E-state index contributed by atoms with van der Waals surface area (Å²) >= 11 is 0. The molecular weight excluding hydrogens is 260 g/mol. The lowest BCUT2D eigenvalue weighted by Crippen LogP contribution is -2.30. The first-order valence-electron chi connectivity index (χ1n) is 8.14. The maximum absolute atomic E-state index is 12.1. The van der Waals surface area contributed by atoms with Gasteiger partial charge in [0.2, 0.25) is 5.91 Å². The molecule has 3 nitrogen and oxygen atoms in total. The van der Waals surface area contributed by atoms with Gasteiger partial charge in [-0.3, -0.25) is 4.79 Å². The molecule has 0 aromatic heterocycles. The normalized spacial score (nSPS) is 17.5. The van der Waals surface area contributed by atoms with Crippen molar-refractivity contribution >= 4 is 5.91 Å². The van der Waals surface area contributed by atoms with Crippen LogP contribution in [-0.4, -0.2) is 19.0 Å². The molecule has 2 N–H and O–H groups in total. The van der Waals surface area contributed by atoms with E-state index in [-0.39, 0.29) is 11.9 Å². The molecule has 1 atom stereocenters. The van der Waals surface area contributed by atoms with Gasteiger partial charge >= 0.3 is 0 Å². The molecular formula is C18H28N2O. The molecule has 0 bridgehead atoms. The molecule has 1 unspecified atom stereocenters. The van der Waals surface area contributed by atoms with Crippen LogP contribution in [0.5, 0.6) is 0 Å². The van der Waals surface area contributed by atoms with Crippen LogP contribution in [0.1, 0.15) is 55.3 Å². The Morgan fingerprint density at radius 3 is 2.76 bits per heavy atom. The van der Waals surface area contributed by atoms with Gasteiger partial charge in [-0.1, -0.05) is 18.2 Å². The summed E-state index contributed by atoms with van der Waals surface area (Å²) in [5, 5.41) is 6.52. The van der Waals surface area contributed by atoms with Gasteiger partial charge in [-0.05, 0) is 75.7 Å². The maximum Gasteiger partial charge on any atom is 0.220 e. The summed E-state index contributed by atoms with van der Waals surface area (Å²) in [6.45, 7) is 8.52. The molecule has 0 aliphatic carbocycles. The second kappa shape index (κ2) is 7.60. The number of rotatable bonds is 5. The fourth-order valence-electron chi connectivity index (χ4n) is 3.14. The molecule has 1 saturated heterocycles. The number of nitrogens with one attached hydrogen (secondary N) is 2. The predicted molar refractivity (Wildman–Crippen MR) is 87.3 cm³/mol. The molecule has 3 heteroatoms. The van der Waals surface area contributed by atoms with Gasteiger partial charge < -0.3 is 10.6 Å². The van der Waals surface area contributed by atoms with Gasteiger partial charge in [0.15, 0.2) is 0 Å². The number of aryl methyl sites for hydroxylation is 1. The smallest absolute Gasteiger partial charge is 0.220 e. The molecule has 1 aromatic carbocycles. The number of hydrogen-bond donors (Lipinski definition) is 2. The van der Waals surface area contributed by atoms with Crippen LogP contribution in [0.15, 0.2) is 18.2 Å². The van der Waals surface area contributed by atoms with Crippen LogP contribution >= 0.6 is 0 Å². The van der Waals surface area contributed by atoms with E-state index in [2.05, 4.69) is 49.6 Å². The number of hydrogen-bond acceptors (Lipinski definition) is 2. The first-order chi connectivity index (χ1) is 10.1. The van der Waals surface area contributed by atoms with Crippen molar-refractivity contribution < 1.29 is 4.79 Å². The summed E-state index contributed by atoms with van der Waals surface area (Å²) < 4.78 is 0. The highest BCUT2D eigenvalue weighted by Gasteiger charge is 2.16. The van der Waals surface area contributed by atoms with E-state index in [1.807, 2.05) is 0 Å². The number of carbonyl (C=O) groups is 1. The van der Waals surface area contributed by atoms with E-state index in [0.717, 1.165) is 19.5 Å². The second-order valence-corrected chi connectivity index (χ2v) is 6.31. The minimum atomic E-state index is 0.0884. The molecule has 1 fully saturated rings. The van der Waals surface area contributed by atoms with Crippen molar-refractivity contribution in [3.63, 3.8) is 0 Å². The lowest BCUT2D eigenvalue weighted by molar-refractivity contribution is -0.122. The van der Waals surface area contributed by atoms with Gasteiger partial charge in [-0.25, -0.2) is 0 Å². The van der Waals surface area contributed by atoms with Gasteiger partial charge in [0.1, 0.15) is 0 Å². The van der Waals surface area contributed by atoms with E-state index in [1.54, 1.807) is 0 Å². The van der Waals surface area contributed by atoms with Crippen molar-refractivity contribution in [3.8, 4) is 0 Å². The van der Waals surface area contributed by atoms with E-state index in [4.69, 9.17) is 0 Å². The summed E-state index contributed by atoms with van der Waals surface area (Å²) in [5.41, 5.74) is 3.79. The fourth-order valence-corrected chi connectivity index (χ4v) is 3.14. The van der Waals surface area contributed by atoms with Crippen LogP contribution < -0.4 is 10.6 Å². The first-order valence-corrected chi connectivity index (χ1v) is 8.14. The van der Waals surface area contributed by atoms with E-state index in [9.17, 15) is 4.79 Å². The minimum absolute atomic E-state index is 0.0884. The Hall–Kier alpha value is -1.35. The highest BCUT2D eigenvalue weighted by Crippen LogP contribution is 2.21. The number of piperidine rings is 1. The summed E-state index contributed by atoms with van der Waals surface area (Å²) in [6.07, 6.45) is 4.09. The summed E-state index contributed by atoms with van der Waals surface area (Å²) in [4.78, 5) is 12.1. The monoisotopic (exact) mass is 288 g/mol. The molecule has 2 rings (SSSR count). The molecule has 1 amide bonds. The molecule has 116 valence electrons.